The quantitative estimate of drug-likeness (QED) is 0.237. The summed E-state index contributed by atoms with van der Waals surface area (Å²) >= 11 is 0. The topological polar surface area (TPSA) is 63.4 Å². The Bertz CT molecular complexity index is 1690. The van der Waals surface area contributed by atoms with Gasteiger partial charge in [-0.05, 0) is 35.7 Å². The Morgan fingerprint density at radius 3 is 2.51 bits per heavy atom. The zero-order valence-corrected chi connectivity index (χ0v) is 21.3. The average molecular weight is 641 g/mol. The molecule has 0 saturated carbocycles. The molecule has 0 fully saturated rings. The second-order valence-corrected chi connectivity index (χ2v) is 8.29. The van der Waals surface area contributed by atoms with E-state index in [1.165, 1.54) is 0 Å². The van der Waals surface area contributed by atoms with Gasteiger partial charge < -0.3 is 19.3 Å². The van der Waals surface area contributed by atoms with Crippen molar-refractivity contribution in [2.45, 2.75) is 0 Å². The van der Waals surface area contributed by atoms with Crippen LogP contribution in [0.1, 0.15) is 0 Å². The van der Waals surface area contributed by atoms with Gasteiger partial charge in [0.15, 0.2) is 0 Å². The van der Waals surface area contributed by atoms with Gasteiger partial charge in [0, 0.05) is 57.9 Å². The summed E-state index contributed by atoms with van der Waals surface area (Å²) in [5.41, 5.74) is 2.41. The van der Waals surface area contributed by atoms with E-state index in [0.717, 1.165) is 38.8 Å². The van der Waals surface area contributed by atoms with Crippen molar-refractivity contribution in [1.29, 1.82) is 0 Å². The van der Waals surface area contributed by atoms with Crippen molar-refractivity contribution in [1.82, 2.24) is 14.5 Å². The molecule has 0 unspecified atom stereocenters. The summed E-state index contributed by atoms with van der Waals surface area (Å²) < 4.78 is 8.18. The second-order valence-electron chi connectivity index (χ2n) is 8.29. The summed E-state index contributed by atoms with van der Waals surface area (Å²) in [7, 11) is 3.95. The van der Waals surface area contributed by atoms with Gasteiger partial charge in [-0.2, -0.15) is 6.07 Å². The van der Waals surface area contributed by atoms with Crippen LogP contribution in [0.5, 0.6) is 17.4 Å². The van der Waals surface area contributed by atoms with Gasteiger partial charge in [-0.25, -0.2) is 9.97 Å². The van der Waals surface area contributed by atoms with E-state index in [1.54, 1.807) is 18.2 Å². The van der Waals surface area contributed by atoms with Crippen LogP contribution in [0.15, 0.2) is 84.9 Å². The Kier molecular flexibility index (Phi) is 5.91. The third-order valence-corrected chi connectivity index (χ3v) is 5.85. The van der Waals surface area contributed by atoms with Gasteiger partial charge in [0.25, 0.3) is 0 Å². The summed E-state index contributed by atoms with van der Waals surface area (Å²) in [6.07, 6.45) is 0. The maximum Gasteiger partial charge on any atom is 0.217 e. The van der Waals surface area contributed by atoms with Crippen molar-refractivity contribution in [2.24, 2.45) is 0 Å². The number of hydrogen-bond donors (Lipinski definition) is 1. The molecule has 0 spiro atoms. The monoisotopic (exact) mass is 640 g/mol. The van der Waals surface area contributed by atoms with E-state index in [9.17, 15) is 5.11 Å². The molecule has 0 aliphatic carbocycles. The average Bonchev–Trinajstić information content (AvgIpc) is 3.18. The predicted molar refractivity (Wildman–Crippen MR) is 135 cm³/mol. The number of hydrogen-bond acceptors (Lipinski definition) is 5. The van der Waals surface area contributed by atoms with E-state index >= 15 is 0 Å². The fourth-order valence-corrected chi connectivity index (χ4v) is 4.24. The maximum atomic E-state index is 10.2. The molecule has 0 saturated heterocycles. The molecule has 7 heteroatoms. The number of aromatic nitrogens is 3. The minimum atomic E-state index is 0. The van der Waals surface area contributed by atoms with Crippen LogP contribution in [0.4, 0.5) is 5.82 Å². The molecule has 0 aliphatic rings. The van der Waals surface area contributed by atoms with Gasteiger partial charge in [-0.15, -0.1) is 17.5 Å². The van der Waals surface area contributed by atoms with Crippen LogP contribution in [0.25, 0.3) is 38.5 Å². The van der Waals surface area contributed by atoms with Crippen LogP contribution < -0.4 is 9.64 Å². The van der Waals surface area contributed by atoms with Crippen LogP contribution in [-0.2, 0) is 21.1 Å². The van der Waals surface area contributed by atoms with Gasteiger partial charge in [0.1, 0.15) is 22.9 Å². The Labute approximate surface area is 216 Å². The third-order valence-electron chi connectivity index (χ3n) is 5.85. The second kappa shape index (κ2) is 9.04. The first-order valence-corrected chi connectivity index (χ1v) is 11.0. The molecule has 0 radical (unpaired) electrons. The molecular formula is C28H21N4O2Pt-. The van der Waals surface area contributed by atoms with Crippen molar-refractivity contribution in [3.63, 3.8) is 0 Å². The van der Waals surface area contributed by atoms with Crippen molar-refractivity contribution in [3.05, 3.63) is 91.0 Å². The predicted octanol–water partition coefficient (Wildman–Crippen LogP) is 6.09. The number of ether oxygens (including phenoxy) is 1. The largest absolute Gasteiger partial charge is 0.506 e. The number of pyridine rings is 2. The Morgan fingerprint density at radius 2 is 1.66 bits per heavy atom. The van der Waals surface area contributed by atoms with Crippen LogP contribution in [-0.4, -0.2) is 33.7 Å². The molecule has 1 N–H and O–H groups in total. The number of phenols is 1. The zero-order chi connectivity index (χ0) is 23.2. The van der Waals surface area contributed by atoms with Crippen LogP contribution >= 0.6 is 0 Å². The number of benzene rings is 3. The number of fused-ring (bicyclic) bond motifs is 4. The number of aromatic hydroxyl groups is 1. The molecule has 35 heavy (non-hydrogen) atoms. The Hall–Kier alpha value is -3.89. The molecule has 6 nitrogen and oxygen atoms in total. The summed E-state index contributed by atoms with van der Waals surface area (Å²) in [6, 6.07) is 30.6. The van der Waals surface area contributed by atoms with Gasteiger partial charge in [0.2, 0.25) is 5.88 Å². The number of rotatable bonds is 4. The zero-order valence-electron chi connectivity index (χ0n) is 19.0. The molecule has 0 atom stereocenters. The molecule has 0 amide bonds. The van der Waals surface area contributed by atoms with Crippen LogP contribution in [0, 0.1) is 6.07 Å². The molecular weight excluding hydrogens is 619 g/mol. The SMILES string of the molecule is CN(C)c1cccc(-n2c3[c-]c(Oc4ccc5cccc(O)c5n4)ccc3c3ccccc32)n1.[Pt]. The van der Waals surface area contributed by atoms with Crippen LogP contribution in [0.3, 0.4) is 0 Å². The van der Waals surface area contributed by atoms with Crippen molar-refractivity contribution in [3.8, 4) is 23.2 Å². The minimum absolute atomic E-state index is 0. The smallest absolute Gasteiger partial charge is 0.217 e. The number of para-hydroxylation sites is 2. The molecule has 0 aliphatic heterocycles. The first kappa shape index (κ1) is 22.9. The molecule has 6 aromatic rings. The van der Waals surface area contributed by atoms with Gasteiger partial charge in [-0.3, -0.25) is 0 Å². The molecule has 3 heterocycles. The number of anilines is 1. The van der Waals surface area contributed by atoms with Gasteiger partial charge >= 0.3 is 0 Å². The summed E-state index contributed by atoms with van der Waals surface area (Å²) in [4.78, 5) is 11.3. The third kappa shape index (κ3) is 4.00. The van der Waals surface area contributed by atoms with Crippen LogP contribution in [0.2, 0.25) is 0 Å². The number of nitrogens with zero attached hydrogens (tertiary/aromatic N) is 4. The summed E-state index contributed by atoms with van der Waals surface area (Å²) in [5.74, 6) is 2.72. The standard InChI is InChI=1S/C28H21N4O2.Pt/c1-31(2)25-11-6-12-26(29-25)32-22-9-4-3-8-20(22)21-15-14-19(17-23(21)32)34-27-16-13-18-7-5-10-24(33)28(18)30-27;/h3-16,33H,1-2H3;/q-1;. The van der Waals surface area contributed by atoms with E-state index in [2.05, 4.69) is 27.8 Å². The van der Waals surface area contributed by atoms with Gasteiger partial charge in [0.05, 0.1) is 0 Å². The van der Waals surface area contributed by atoms with Gasteiger partial charge in [-0.1, -0.05) is 41.9 Å². The molecule has 3 aromatic heterocycles. The molecule has 176 valence electrons. The summed E-state index contributed by atoms with van der Waals surface area (Å²) in [5, 5.41) is 13.2. The Balaban J connectivity index is 0.00000253. The first-order chi connectivity index (χ1) is 16.6. The Morgan fingerprint density at radius 1 is 0.829 bits per heavy atom. The van der Waals surface area contributed by atoms with Crippen molar-refractivity contribution in [2.75, 3.05) is 19.0 Å². The van der Waals surface area contributed by atoms with E-state index in [0.29, 0.717) is 17.1 Å². The first-order valence-electron chi connectivity index (χ1n) is 11.0. The molecule has 3 aromatic carbocycles. The number of phenolic OH excluding ortho intramolecular Hbond substituents is 1. The maximum absolute atomic E-state index is 10.2. The van der Waals surface area contributed by atoms with Crippen molar-refractivity contribution < 1.29 is 30.9 Å². The molecule has 6 rings (SSSR count). The normalized spacial score (nSPS) is 11.0. The summed E-state index contributed by atoms with van der Waals surface area (Å²) in [6.45, 7) is 0. The fraction of sp³-hybridized carbons (Fsp3) is 0.0714. The molecule has 0 bridgehead atoms. The minimum Gasteiger partial charge on any atom is -0.506 e. The van der Waals surface area contributed by atoms with E-state index in [1.807, 2.05) is 73.6 Å². The van der Waals surface area contributed by atoms with E-state index in [-0.39, 0.29) is 26.8 Å². The van der Waals surface area contributed by atoms with E-state index < -0.39 is 0 Å². The van der Waals surface area contributed by atoms with E-state index in [4.69, 9.17) is 9.72 Å². The van der Waals surface area contributed by atoms with Crippen molar-refractivity contribution >= 4 is 38.5 Å². The fourth-order valence-electron chi connectivity index (χ4n) is 4.24.